The summed E-state index contributed by atoms with van der Waals surface area (Å²) in [4.78, 5) is 0. The Morgan fingerprint density at radius 2 is 2.12 bits per heavy atom. The van der Waals surface area contributed by atoms with Crippen molar-refractivity contribution in [1.82, 2.24) is 0 Å². The van der Waals surface area contributed by atoms with E-state index in [2.05, 4.69) is 29.8 Å². The lowest BCUT2D eigenvalue weighted by Gasteiger charge is -2.15. The highest BCUT2D eigenvalue weighted by atomic mass is 79.9. The molecule has 2 unspecified atom stereocenters. The van der Waals surface area contributed by atoms with E-state index in [0.717, 1.165) is 17.3 Å². The number of halogens is 2. The number of hydrogen-bond donors (Lipinski definition) is 1. The third-order valence-corrected chi connectivity index (χ3v) is 3.33. The van der Waals surface area contributed by atoms with Crippen LogP contribution < -0.4 is 0 Å². The molecule has 1 aromatic rings. The minimum absolute atomic E-state index is 0.244. The van der Waals surface area contributed by atoms with Gasteiger partial charge in [0.1, 0.15) is 5.82 Å². The first-order valence-electron chi connectivity index (χ1n) is 5.65. The van der Waals surface area contributed by atoms with E-state index in [9.17, 15) is 9.50 Å². The molecule has 1 rings (SSSR count). The fourth-order valence-electron chi connectivity index (χ4n) is 1.67. The zero-order valence-electron chi connectivity index (χ0n) is 9.71. The predicted octanol–water partition coefficient (Wildman–Crippen LogP) is 3.93. The van der Waals surface area contributed by atoms with Crippen LogP contribution >= 0.6 is 15.9 Å². The van der Waals surface area contributed by atoms with Crippen molar-refractivity contribution in [3.05, 3.63) is 34.1 Å². The number of aliphatic hydroxyl groups is 1. The van der Waals surface area contributed by atoms with Gasteiger partial charge in [0.25, 0.3) is 0 Å². The first kappa shape index (κ1) is 13.7. The van der Waals surface area contributed by atoms with Crippen molar-refractivity contribution in [3.8, 4) is 0 Å². The van der Waals surface area contributed by atoms with Crippen LogP contribution in [-0.4, -0.2) is 11.2 Å². The van der Waals surface area contributed by atoms with E-state index in [1.165, 1.54) is 6.07 Å². The van der Waals surface area contributed by atoms with Crippen LogP contribution in [0.4, 0.5) is 4.39 Å². The second kappa shape index (κ2) is 6.36. The van der Waals surface area contributed by atoms with Gasteiger partial charge in [-0.1, -0.05) is 36.2 Å². The van der Waals surface area contributed by atoms with Crippen molar-refractivity contribution in [2.75, 3.05) is 0 Å². The van der Waals surface area contributed by atoms with Crippen molar-refractivity contribution in [2.45, 2.75) is 39.2 Å². The molecule has 2 atom stereocenters. The monoisotopic (exact) mass is 288 g/mol. The highest BCUT2D eigenvalue weighted by Crippen LogP contribution is 2.19. The molecule has 1 N–H and O–H groups in total. The van der Waals surface area contributed by atoms with E-state index in [0.29, 0.717) is 17.9 Å². The van der Waals surface area contributed by atoms with Crippen LogP contribution in [0.1, 0.15) is 32.3 Å². The third-order valence-electron chi connectivity index (χ3n) is 2.83. The topological polar surface area (TPSA) is 20.2 Å². The molecule has 0 aliphatic heterocycles. The molecule has 0 spiro atoms. The van der Waals surface area contributed by atoms with Gasteiger partial charge in [-0.25, -0.2) is 4.39 Å². The highest BCUT2D eigenvalue weighted by Gasteiger charge is 2.12. The van der Waals surface area contributed by atoms with Gasteiger partial charge in [0.2, 0.25) is 0 Å². The quantitative estimate of drug-likeness (QED) is 0.870. The molecule has 90 valence electrons. The summed E-state index contributed by atoms with van der Waals surface area (Å²) in [5.41, 5.74) is 0.574. The maximum Gasteiger partial charge on any atom is 0.126 e. The average molecular weight is 289 g/mol. The molecule has 0 aliphatic rings. The van der Waals surface area contributed by atoms with E-state index < -0.39 is 6.10 Å². The molecule has 16 heavy (non-hydrogen) atoms. The summed E-state index contributed by atoms with van der Waals surface area (Å²) in [5.74, 6) is 0.233. The number of benzene rings is 1. The van der Waals surface area contributed by atoms with Crippen molar-refractivity contribution in [1.29, 1.82) is 0 Å². The largest absolute Gasteiger partial charge is 0.393 e. The Hall–Kier alpha value is -0.410. The van der Waals surface area contributed by atoms with Gasteiger partial charge in [0, 0.05) is 10.9 Å². The first-order valence-corrected chi connectivity index (χ1v) is 6.44. The third kappa shape index (κ3) is 4.22. The molecule has 0 radical (unpaired) electrons. The van der Waals surface area contributed by atoms with Gasteiger partial charge in [-0.05, 0) is 36.1 Å². The molecule has 1 nitrogen and oxygen atoms in total. The molecule has 0 fully saturated rings. The van der Waals surface area contributed by atoms with Crippen LogP contribution in [-0.2, 0) is 6.42 Å². The van der Waals surface area contributed by atoms with Crippen molar-refractivity contribution in [2.24, 2.45) is 5.92 Å². The zero-order valence-corrected chi connectivity index (χ0v) is 11.3. The molecule has 3 heteroatoms. The van der Waals surface area contributed by atoms with E-state index in [-0.39, 0.29) is 5.82 Å². The van der Waals surface area contributed by atoms with Crippen molar-refractivity contribution < 1.29 is 9.50 Å². The van der Waals surface area contributed by atoms with Crippen molar-refractivity contribution >= 4 is 15.9 Å². The van der Waals surface area contributed by atoms with Crippen LogP contribution in [0.5, 0.6) is 0 Å². The molecule has 0 saturated carbocycles. The average Bonchev–Trinajstić information content (AvgIpc) is 2.23. The number of hydrogen-bond acceptors (Lipinski definition) is 1. The fourth-order valence-corrected chi connectivity index (χ4v) is 2.08. The Labute approximate surface area is 105 Å². The highest BCUT2D eigenvalue weighted by molar-refractivity contribution is 9.10. The van der Waals surface area contributed by atoms with Gasteiger partial charge in [-0.15, -0.1) is 0 Å². The van der Waals surface area contributed by atoms with Gasteiger partial charge in [0.15, 0.2) is 0 Å². The lowest BCUT2D eigenvalue weighted by molar-refractivity contribution is 0.143. The molecule has 0 aromatic heterocycles. The minimum Gasteiger partial charge on any atom is -0.393 e. The van der Waals surface area contributed by atoms with E-state index >= 15 is 0 Å². The van der Waals surface area contributed by atoms with Gasteiger partial charge in [-0.3, -0.25) is 0 Å². The van der Waals surface area contributed by atoms with Crippen LogP contribution in [0.25, 0.3) is 0 Å². The molecule has 0 aliphatic carbocycles. The summed E-state index contributed by atoms with van der Waals surface area (Å²) in [6.45, 7) is 4.19. The Bertz CT molecular complexity index is 341. The van der Waals surface area contributed by atoms with E-state index in [1.54, 1.807) is 12.1 Å². The maximum absolute atomic E-state index is 13.4. The zero-order chi connectivity index (χ0) is 12.1. The Morgan fingerprint density at radius 1 is 1.44 bits per heavy atom. The normalized spacial score (nSPS) is 14.8. The Kier molecular flexibility index (Phi) is 5.42. The molecule has 0 saturated heterocycles. The van der Waals surface area contributed by atoms with Gasteiger partial charge in [-0.2, -0.15) is 0 Å². The molecular formula is C13H18BrFO. The Morgan fingerprint density at radius 3 is 2.75 bits per heavy atom. The van der Waals surface area contributed by atoms with Crippen LogP contribution in [0.15, 0.2) is 22.7 Å². The van der Waals surface area contributed by atoms with Crippen LogP contribution in [0, 0.1) is 11.7 Å². The van der Waals surface area contributed by atoms with E-state index in [4.69, 9.17) is 0 Å². The minimum atomic E-state index is -0.459. The summed E-state index contributed by atoms with van der Waals surface area (Å²) in [6.07, 6.45) is 1.69. The van der Waals surface area contributed by atoms with Crippen LogP contribution in [0.2, 0.25) is 0 Å². The Balaban J connectivity index is 2.61. The molecule has 0 bridgehead atoms. The van der Waals surface area contributed by atoms with Crippen molar-refractivity contribution in [3.63, 3.8) is 0 Å². The number of rotatable bonds is 5. The van der Waals surface area contributed by atoms with Crippen LogP contribution in [0.3, 0.4) is 0 Å². The second-order valence-corrected chi connectivity index (χ2v) is 5.26. The smallest absolute Gasteiger partial charge is 0.126 e. The molecule has 0 amide bonds. The molecule has 1 aromatic carbocycles. The lowest BCUT2D eigenvalue weighted by atomic mass is 9.96. The maximum atomic E-state index is 13.4. The molecular weight excluding hydrogens is 271 g/mol. The summed E-state index contributed by atoms with van der Waals surface area (Å²) in [5, 5.41) is 9.84. The summed E-state index contributed by atoms with van der Waals surface area (Å²) in [6, 6.07) is 4.82. The van der Waals surface area contributed by atoms with Gasteiger partial charge in [0.05, 0.1) is 6.10 Å². The van der Waals surface area contributed by atoms with Gasteiger partial charge >= 0.3 is 0 Å². The fraction of sp³-hybridized carbons (Fsp3) is 0.538. The summed E-state index contributed by atoms with van der Waals surface area (Å²) < 4.78 is 14.3. The summed E-state index contributed by atoms with van der Waals surface area (Å²) >= 11 is 3.30. The van der Waals surface area contributed by atoms with E-state index in [1.807, 2.05) is 0 Å². The standard InChI is InChI=1S/C13H18BrFO/c1-3-9(2)6-12(16)8-10-7-11(14)4-5-13(10)15/h4-5,7,9,12,16H,3,6,8H2,1-2H3. The lowest BCUT2D eigenvalue weighted by Crippen LogP contribution is -2.15. The number of aliphatic hydroxyl groups excluding tert-OH is 1. The predicted molar refractivity (Wildman–Crippen MR) is 67.9 cm³/mol. The molecule has 0 heterocycles. The first-order chi connectivity index (χ1) is 7.52. The SMILES string of the molecule is CCC(C)CC(O)Cc1cc(Br)ccc1F. The summed E-state index contributed by atoms with van der Waals surface area (Å²) in [7, 11) is 0. The second-order valence-electron chi connectivity index (χ2n) is 4.34. The van der Waals surface area contributed by atoms with Gasteiger partial charge < -0.3 is 5.11 Å².